The van der Waals surface area contributed by atoms with Crippen LogP contribution < -0.4 is 15.4 Å². The van der Waals surface area contributed by atoms with E-state index in [0.717, 1.165) is 50.0 Å². The molecule has 1 fully saturated rings. The zero-order chi connectivity index (χ0) is 22.1. The maximum absolute atomic E-state index is 5.88. The molecular weight excluding hydrogens is 388 g/mol. The van der Waals surface area contributed by atoms with Crippen LogP contribution in [-0.4, -0.2) is 49.8 Å². The Morgan fingerprint density at radius 2 is 1.71 bits per heavy atom. The second-order valence-corrected chi connectivity index (χ2v) is 8.12. The maximum Gasteiger partial charge on any atom is 0.191 e. The van der Waals surface area contributed by atoms with Crippen LogP contribution in [0.25, 0.3) is 0 Å². The fourth-order valence-electron chi connectivity index (χ4n) is 3.96. The predicted octanol–water partition coefficient (Wildman–Crippen LogP) is 3.56. The molecule has 1 aliphatic heterocycles. The highest BCUT2D eigenvalue weighted by Crippen LogP contribution is 2.17. The van der Waals surface area contributed by atoms with Gasteiger partial charge in [-0.2, -0.15) is 0 Å². The molecule has 2 aromatic rings. The van der Waals surface area contributed by atoms with E-state index < -0.39 is 0 Å². The van der Waals surface area contributed by atoms with Crippen LogP contribution in [0.15, 0.2) is 53.5 Å². The molecule has 0 bridgehead atoms. The molecule has 6 nitrogen and oxygen atoms in total. The molecule has 0 saturated carbocycles. The van der Waals surface area contributed by atoms with Gasteiger partial charge in [-0.1, -0.05) is 36.4 Å². The molecule has 6 heteroatoms. The lowest BCUT2D eigenvalue weighted by Gasteiger charge is -2.35. The van der Waals surface area contributed by atoms with Crippen LogP contribution in [0, 0.1) is 0 Å². The van der Waals surface area contributed by atoms with Crippen molar-refractivity contribution in [3.8, 4) is 5.75 Å². The summed E-state index contributed by atoms with van der Waals surface area (Å²) in [5.41, 5.74) is 3.79. The van der Waals surface area contributed by atoms with Crippen molar-refractivity contribution in [2.75, 3.05) is 26.7 Å². The Balaban J connectivity index is 1.62. The molecule has 2 unspecified atom stereocenters. The smallest absolute Gasteiger partial charge is 0.191 e. The predicted molar refractivity (Wildman–Crippen MR) is 126 cm³/mol. The molecule has 0 spiro atoms. The Morgan fingerprint density at radius 1 is 1.03 bits per heavy atom. The van der Waals surface area contributed by atoms with E-state index in [4.69, 9.17) is 14.5 Å². The Labute approximate surface area is 186 Å². The van der Waals surface area contributed by atoms with Gasteiger partial charge in [0.25, 0.3) is 0 Å². The summed E-state index contributed by atoms with van der Waals surface area (Å²) in [4.78, 5) is 7.23. The van der Waals surface area contributed by atoms with Crippen molar-refractivity contribution >= 4 is 5.96 Å². The van der Waals surface area contributed by atoms with Crippen molar-refractivity contribution in [3.05, 3.63) is 65.2 Å². The molecule has 2 N–H and O–H groups in total. The Hall–Kier alpha value is -2.57. The molecule has 2 aromatic carbocycles. The number of benzene rings is 2. The SMILES string of the molecule is CCNC(=NCc1ccc(OC)cc1)NCc1ccccc1CN1CC(C)OC(C)C1. The molecule has 0 radical (unpaired) electrons. The van der Waals surface area contributed by atoms with Gasteiger partial charge in [-0.25, -0.2) is 4.99 Å². The first-order chi connectivity index (χ1) is 15.1. The van der Waals surface area contributed by atoms with Crippen molar-refractivity contribution in [1.29, 1.82) is 0 Å². The summed E-state index contributed by atoms with van der Waals surface area (Å²) >= 11 is 0. The minimum Gasteiger partial charge on any atom is -0.497 e. The highest BCUT2D eigenvalue weighted by molar-refractivity contribution is 5.79. The fourth-order valence-corrected chi connectivity index (χ4v) is 3.96. The number of aliphatic imine (C=N–C) groups is 1. The van der Waals surface area contributed by atoms with Gasteiger partial charge in [0, 0.05) is 32.7 Å². The quantitative estimate of drug-likeness (QED) is 0.501. The minimum absolute atomic E-state index is 0.277. The van der Waals surface area contributed by atoms with E-state index in [2.05, 4.69) is 60.6 Å². The number of nitrogens with zero attached hydrogens (tertiary/aromatic N) is 2. The number of hydrogen-bond acceptors (Lipinski definition) is 4. The van der Waals surface area contributed by atoms with E-state index in [-0.39, 0.29) is 12.2 Å². The molecule has 168 valence electrons. The molecule has 31 heavy (non-hydrogen) atoms. The molecular formula is C25H36N4O2. The third-order valence-corrected chi connectivity index (χ3v) is 5.38. The minimum atomic E-state index is 0.277. The summed E-state index contributed by atoms with van der Waals surface area (Å²) in [6.07, 6.45) is 0.555. The van der Waals surface area contributed by atoms with Crippen LogP contribution in [0.5, 0.6) is 5.75 Å². The van der Waals surface area contributed by atoms with Gasteiger partial charge in [0.2, 0.25) is 0 Å². The van der Waals surface area contributed by atoms with Crippen molar-refractivity contribution in [3.63, 3.8) is 0 Å². The number of morpholine rings is 1. The second-order valence-electron chi connectivity index (χ2n) is 8.12. The number of methoxy groups -OCH3 is 1. The topological polar surface area (TPSA) is 58.1 Å². The lowest BCUT2D eigenvalue weighted by Crippen LogP contribution is -2.45. The first-order valence-electron chi connectivity index (χ1n) is 11.2. The zero-order valence-corrected chi connectivity index (χ0v) is 19.2. The van der Waals surface area contributed by atoms with Crippen LogP contribution in [0.3, 0.4) is 0 Å². The van der Waals surface area contributed by atoms with E-state index in [1.807, 2.05) is 24.3 Å². The first-order valence-corrected chi connectivity index (χ1v) is 11.2. The van der Waals surface area contributed by atoms with Crippen molar-refractivity contribution < 1.29 is 9.47 Å². The molecule has 1 saturated heterocycles. The van der Waals surface area contributed by atoms with Gasteiger partial charge in [-0.15, -0.1) is 0 Å². The van der Waals surface area contributed by atoms with E-state index in [1.165, 1.54) is 11.1 Å². The zero-order valence-electron chi connectivity index (χ0n) is 19.2. The monoisotopic (exact) mass is 424 g/mol. The molecule has 2 atom stereocenters. The molecule has 1 aliphatic rings. The number of hydrogen-bond donors (Lipinski definition) is 2. The molecule has 1 heterocycles. The normalized spacial score (nSPS) is 19.8. The third-order valence-electron chi connectivity index (χ3n) is 5.38. The largest absolute Gasteiger partial charge is 0.497 e. The van der Waals surface area contributed by atoms with E-state index in [0.29, 0.717) is 6.54 Å². The van der Waals surface area contributed by atoms with E-state index in [1.54, 1.807) is 7.11 Å². The average Bonchev–Trinajstić information content (AvgIpc) is 2.76. The first kappa shape index (κ1) is 23.1. The maximum atomic E-state index is 5.88. The standard InChI is InChI=1S/C25H36N4O2/c1-5-26-25(27-14-21-10-12-24(30-4)13-11-21)28-15-22-8-6-7-9-23(22)18-29-16-19(2)31-20(3)17-29/h6-13,19-20H,5,14-18H2,1-4H3,(H2,26,27,28). The number of guanidine groups is 1. The van der Waals surface area contributed by atoms with Gasteiger partial charge in [-0.3, -0.25) is 4.90 Å². The highest BCUT2D eigenvalue weighted by Gasteiger charge is 2.22. The summed E-state index contributed by atoms with van der Waals surface area (Å²) in [7, 11) is 1.68. The van der Waals surface area contributed by atoms with Gasteiger partial charge >= 0.3 is 0 Å². The third kappa shape index (κ3) is 7.26. The van der Waals surface area contributed by atoms with Gasteiger partial charge < -0.3 is 20.1 Å². The van der Waals surface area contributed by atoms with Crippen LogP contribution in [0.2, 0.25) is 0 Å². The Kier molecular flexibility index (Phi) is 8.74. The Bertz CT molecular complexity index is 828. The van der Waals surface area contributed by atoms with Crippen molar-refractivity contribution in [2.24, 2.45) is 4.99 Å². The van der Waals surface area contributed by atoms with Crippen LogP contribution >= 0.6 is 0 Å². The molecule has 3 rings (SSSR count). The number of nitrogens with one attached hydrogen (secondary N) is 2. The molecule has 0 amide bonds. The van der Waals surface area contributed by atoms with E-state index in [9.17, 15) is 0 Å². The Morgan fingerprint density at radius 3 is 2.35 bits per heavy atom. The van der Waals surface area contributed by atoms with Gasteiger partial charge in [0.1, 0.15) is 5.75 Å². The average molecular weight is 425 g/mol. The molecule has 0 aliphatic carbocycles. The summed E-state index contributed by atoms with van der Waals surface area (Å²) in [6.45, 7) is 11.4. The number of rotatable bonds is 8. The van der Waals surface area contributed by atoms with Gasteiger partial charge in [0.05, 0.1) is 25.9 Å². The van der Waals surface area contributed by atoms with Crippen molar-refractivity contribution in [2.45, 2.75) is 52.6 Å². The van der Waals surface area contributed by atoms with Crippen LogP contribution in [-0.2, 0) is 24.4 Å². The van der Waals surface area contributed by atoms with E-state index >= 15 is 0 Å². The van der Waals surface area contributed by atoms with Crippen LogP contribution in [0.4, 0.5) is 0 Å². The summed E-state index contributed by atoms with van der Waals surface area (Å²) in [5, 5.41) is 6.84. The van der Waals surface area contributed by atoms with Gasteiger partial charge in [0.15, 0.2) is 5.96 Å². The summed E-state index contributed by atoms with van der Waals surface area (Å²) in [5.74, 6) is 1.68. The highest BCUT2D eigenvalue weighted by atomic mass is 16.5. The summed E-state index contributed by atoms with van der Waals surface area (Å²) < 4.78 is 11.1. The molecule has 0 aromatic heterocycles. The lowest BCUT2D eigenvalue weighted by atomic mass is 10.1. The van der Waals surface area contributed by atoms with Crippen LogP contribution in [0.1, 0.15) is 37.5 Å². The second kappa shape index (κ2) is 11.7. The fraction of sp³-hybridized carbons (Fsp3) is 0.480. The lowest BCUT2D eigenvalue weighted by molar-refractivity contribution is -0.0705. The van der Waals surface area contributed by atoms with Gasteiger partial charge in [-0.05, 0) is 49.6 Å². The van der Waals surface area contributed by atoms with Crippen molar-refractivity contribution in [1.82, 2.24) is 15.5 Å². The summed E-state index contributed by atoms with van der Waals surface area (Å²) in [6, 6.07) is 16.7. The number of ether oxygens (including phenoxy) is 2.